The molecule has 0 saturated heterocycles. The van der Waals surface area contributed by atoms with Gasteiger partial charge < -0.3 is 15.4 Å². The van der Waals surface area contributed by atoms with E-state index in [2.05, 4.69) is 10.6 Å². The molecule has 0 saturated carbocycles. The molecule has 14 heavy (non-hydrogen) atoms. The Hall–Kier alpha value is -1.13. The van der Waals surface area contributed by atoms with E-state index in [1.807, 2.05) is 24.3 Å². The molecular weight excluding hydrogens is 196 g/mol. The van der Waals surface area contributed by atoms with Crippen molar-refractivity contribution in [2.24, 2.45) is 0 Å². The fourth-order valence-corrected chi connectivity index (χ4v) is 1.22. The van der Waals surface area contributed by atoms with E-state index >= 15 is 0 Å². The van der Waals surface area contributed by atoms with Gasteiger partial charge in [0.25, 0.3) is 0 Å². The summed E-state index contributed by atoms with van der Waals surface area (Å²) in [6, 6.07) is 7.95. The van der Waals surface area contributed by atoms with Gasteiger partial charge in [0.2, 0.25) is 0 Å². The Kier molecular flexibility index (Phi) is 4.35. The Morgan fingerprint density at radius 1 is 1.50 bits per heavy atom. The maximum atomic E-state index is 5.04. The summed E-state index contributed by atoms with van der Waals surface area (Å²) in [7, 11) is 3.46. The highest BCUT2D eigenvalue weighted by molar-refractivity contribution is 7.80. The molecular formula is C10H14N2OS. The second-order valence-corrected chi connectivity index (χ2v) is 3.25. The molecule has 2 N–H and O–H groups in total. The first kappa shape index (κ1) is 10.9. The molecule has 0 aliphatic rings. The topological polar surface area (TPSA) is 33.3 Å². The van der Waals surface area contributed by atoms with Crippen molar-refractivity contribution < 1.29 is 4.74 Å². The summed E-state index contributed by atoms with van der Waals surface area (Å²) < 4.78 is 5.04. The lowest BCUT2D eigenvalue weighted by molar-refractivity contribution is 0.185. The molecule has 4 heteroatoms. The van der Waals surface area contributed by atoms with Gasteiger partial charge in [-0.2, -0.15) is 0 Å². The number of anilines is 1. The van der Waals surface area contributed by atoms with Crippen LogP contribution in [0, 0.1) is 0 Å². The van der Waals surface area contributed by atoms with Crippen LogP contribution in [0.1, 0.15) is 5.56 Å². The van der Waals surface area contributed by atoms with Gasteiger partial charge in [-0.25, -0.2) is 0 Å². The average molecular weight is 210 g/mol. The Balaban J connectivity index is 2.68. The maximum absolute atomic E-state index is 5.04. The van der Waals surface area contributed by atoms with Gasteiger partial charge in [-0.1, -0.05) is 12.1 Å². The first-order valence-corrected chi connectivity index (χ1v) is 4.73. The Morgan fingerprint density at radius 2 is 2.29 bits per heavy atom. The number of hydrogen-bond acceptors (Lipinski definition) is 2. The van der Waals surface area contributed by atoms with Crippen LogP contribution in [-0.2, 0) is 11.3 Å². The molecule has 0 aromatic heterocycles. The van der Waals surface area contributed by atoms with Gasteiger partial charge in [0.1, 0.15) is 0 Å². The van der Waals surface area contributed by atoms with E-state index in [9.17, 15) is 0 Å². The smallest absolute Gasteiger partial charge is 0.170 e. The van der Waals surface area contributed by atoms with Crippen LogP contribution in [0.5, 0.6) is 0 Å². The van der Waals surface area contributed by atoms with Crippen LogP contribution in [0.15, 0.2) is 24.3 Å². The fourth-order valence-electron chi connectivity index (χ4n) is 1.10. The van der Waals surface area contributed by atoms with Crippen molar-refractivity contribution in [2.75, 3.05) is 19.5 Å². The molecule has 0 unspecified atom stereocenters. The largest absolute Gasteiger partial charge is 0.380 e. The Labute approximate surface area is 89.5 Å². The van der Waals surface area contributed by atoms with Gasteiger partial charge in [-0.15, -0.1) is 0 Å². The zero-order valence-corrected chi connectivity index (χ0v) is 9.15. The van der Waals surface area contributed by atoms with Gasteiger partial charge in [0.15, 0.2) is 5.11 Å². The van der Waals surface area contributed by atoms with Gasteiger partial charge in [0.05, 0.1) is 6.61 Å². The summed E-state index contributed by atoms with van der Waals surface area (Å²) >= 11 is 4.99. The molecule has 3 nitrogen and oxygen atoms in total. The predicted molar refractivity (Wildman–Crippen MR) is 62.4 cm³/mol. The molecule has 0 spiro atoms. The molecule has 0 amide bonds. The molecule has 0 bridgehead atoms. The Bertz CT molecular complexity index is 315. The second-order valence-electron chi connectivity index (χ2n) is 2.84. The Morgan fingerprint density at radius 3 is 2.93 bits per heavy atom. The van der Waals surface area contributed by atoms with Crippen molar-refractivity contribution in [1.29, 1.82) is 0 Å². The van der Waals surface area contributed by atoms with Crippen LogP contribution >= 0.6 is 12.2 Å². The molecule has 1 aromatic carbocycles. The van der Waals surface area contributed by atoms with Crippen molar-refractivity contribution >= 4 is 23.0 Å². The zero-order chi connectivity index (χ0) is 10.4. The summed E-state index contributed by atoms with van der Waals surface area (Å²) in [5.74, 6) is 0. The van der Waals surface area contributed by atoms with E-state index in [4.69, 9.17) is 17.0 Å². The minimum Gasteiger partial charge on any atom is -0.380 e. The van der Waals surface area contributed by atoms with E-state index < -0.39 is 0 Å². The van der Waals surface area contributed by atoms with Crippen molar-refractivity contribution in [2.45, 2.75) is 6.61 Å². The molecule has 1 aromatic rings. The summed E-state index contributed by atoms with van der Waals surface area (Å²) in [6.45, 7) is 0.613. The van der Waals surface area contributed by atoms with E-state index in [0.29, 0.717) is 11.7 Å². The van der Waals surface area contributed by atoms with E-state index in [1.54, 1.807) is 14.2 Å². The zero-order valence-electron chi connectivity index (χ0n) is 8.33. The highest BCUT2D eigenvalue weighted by atomic mass is 32.1. The predicted octanol–water partition coefficient (Wildman–Crippen LogP) is 1.75. The van der Waals surface area contributed by atoms with Crippen LogP contribution in [0.2, 0.25) is 0 Å². The minimum atomic E-state index is 0.611. The maximum Gasteiger partial charge on any atom is 0.170 e. The first-order valence-electron chi connectivity index (χ1n) is 4.33. The summed E-state index contributed by atoms with van der Waals surface area (Å²) in [5, 5.41) is 6.52. The number of nitrogens with one attached hydrogen (secondary N) is 2. The summed E-state index contributed by atoms with van der Waals surface area (Å²) in [4.78, 5) is 0. The van der Waals surface area contributed by atoms with Crippen LogP contribution in [0.3, 0.4) is 0 Å². The van der Waals surface area contributed by atoms with E-state index in [-0.39, 0.29) is 0 Å². The lowest BCUT2D eigenvalue weighted by Gasteiger charge is -2.08. The van der Waals surface area contributed by atoms with Crippen molar-refractivity contribution in [3.05, 3.63) is 29.8 Å². The molecule has 0 atom stereocenters. The van der Waals surface area contributed by atoms with Gasteiger partial charge >= 0.3 is 0 Å². The van der Waals surface area contributed by atoms with Gasteiger partial charge in [-0.3, -0.25) is 0 Å². The van der Waals surface area contributed by atoms with Crippen LogP contribution in [0.4, 0.5) is 5.69 Å². The van der Waals surface area contributed by atoms with E-state index in [1.165, 1.54) is 0 Å². The summed E-state index contributed by atoms with van der Waals surface area (Å²) in [5.41, 5.74) is 2.09. The quantitative estimate of drug-likeness (QED) is 0.745. The first-order chi connectivity index (χ1) is 6.76. The van der Waals surface area contributed by atoms with Crippen LogP contribution < -0.4 is 10.6 Å². The second kappa shape index (κ2) is 5.57. The van der Waals surface area contributed by atoms with E-state index in [0.717, 1.165) is 11.3 Å². The van der Waals surface area contributed by atoms with Crippen molar-refractivity contribution in [1.82, 2.24) is 5.32 Å². The molecule has 0 aliphatic heterocycles. The van der Waals surface area contributed by atoms with Crippen molar-refractivity contribution in [3.8, 4) is 0 Å². The summed E-state index contributed by atoms with van der Waals surface area (Å²) in [6.07, 6.45) is 0. The molecule has 0 heterocycles. The molecule has 1 rings (SSSR count). The molecule has 76 valence electrons. The molecule has 0 radical (unpaired) electrons. The number of rotatable bonds is 3. The van der Waals surface area contributed by atoms with Crippen LogP contribution in [-0.4, -0.2) is 19.3 Å². The number of methoxy groups -OCH3 is 1. The average Bonchev–Trinajstić information content (AvgIpc) is 2.19. The third kappa shape index (κ3) is 3.32. The SMILES string of the molecule is CNC(=S)Nc1cccc(COC)c1. The third-order valence-corrected chi connectivity index (χ3v) is 2.03. The number of benzene rings is 1. The van der Waals surface area contributed by atoms with Gasteiger partial charge in [-0.05, 0) is 29.9 Å². The standard InChI is InChI=1S/C10H14N2OS/c1-11-10(14)12-9-5-3-4-8(6-9)7-13-2/h3-6H,7H2,1-2H3,(H2,11,12,14). The highest BCUT2D eigenvalue weighted by Crippen LogP contribution is 2.10. The third-order valence-electron chi connectivity index (χ3n) is 1.72. The monoisotopic (exact) mass is 210 g/mol. The normalized spacial score (nSPS) is 9.57. The number of thiocarbonyl (C=S) groups is 1. The molecule has 0 aliphatic carbocycles. The lowest BCUT2D eigenvalue weighted by Crippen LogP contribution is -2.24. The minimum absolute atomic E-state index is 0.611. The number of hydrogen-bond donors (Lipinski definition) is 2. The fraction of sp³-hybridized carbons (Fsp3) is 0.300. The number of ether oxygens (including phenoxy) is 1. The molecule has 0 fully saturated rings. The van der Waals surface area contributed by atoms with Crippen LogP contribution in [0.25, 0.3) is 0 Å². The van der Waals surface area contributed by atoms with Crippen molar-refractivity contribution in [3.63, 3.8) is 0 Å². The highest BCUT2D eigenvalue weighted by Gasteiger charge is 1.96. The lowest BCUT2D eigenvalue weighted by atomic mass is 10.2. The van der Waals surface area contributed by atoms with Gasteiger partial charge in [0, 0.05) is 19.8 Å².